The summed E-state index contributed by atoms with van der Waals surface area (Å²) in [7, 11) is 0. The van der Waals surface area contributed by atoms with Crippen LogP contribution in [-0.4, -0.2) is 30.2 Å². The Hall–Kier alpha value is -2.31. The van der Waals surface area contributed by atoms with Crippen molar-refractivity contribution in [2.45, 2.75) is 12.5 Å². The molecular formula is C20H21BrN4O. The smallest absolute Gasteiger partial charge is 0.239 e. The summed E-state index contributed by atoms with van der Waals surface area (Å²) in [5.41, 5.74) is 7.41. The van der Waals surface area contributed by atoms with Gasteiger partial charge in [0.25, 0.3) is 0 Å². The third-order valence-corrected chi connectivity index (χ3v) is 5.00. The van der Waals surface area contributed by atoms with Gasteiger partial charge in [0.15, 0.2) is 0 Å². The van der Waals surface area contributed by atoms with Gasteiger partial charge in [0.05, 0.1) is 0 Å². The molecule has 5 nitrogen and oxygen atoms in total. The Morgan fingerprint density at radius 2 is 2.12 bits per heavy atom. The van der Waals surface area contributed by atoms with Gasteiger partial charge in [-0.1, -0.05) is 40.2 Å². The molecule has 3 rings (SSSR count). The number of benzene rings is 1. The van der Waals surface area contributed by atoms with Crippen molar-refractivity contribution in [3.8, 4) is 0 Å². The molecular weight excluding hydrogens is 392 g/mol. The van der Waals surface area contributed by atoms with E-state index in [1.54, 1.807) is 6.20 Å². The maximum atomic E-state index is 12.0. The first-order valence-corrected chi connectivity index (χ1v) is 9.22. The summed E-state index contributed by atoms with van der Waals surface area (Å²) in [6.45, 7) is 1.23. The number of carbonyl (C=O) groups excluding carboxylic acids is 1. The number of nitrogens with two attached hydrogens (primary N) is 1. The number of hydrogen-bond acceptors (Lipinski definition) is 4. The Balaban J connectivity index is 1.78. The highest BCUT2D eigenvalue weighted by Gasteiger charge is 2.30. The van der Waals surface area contributed by atoms with Crippen LogP contribution < -0.4 is 11.1 Å². The number of pyridine rings is 1. The standard InChI is InChI=1S/C20H21BrN4O/c21-17-6-4-16(5-7-17)18(19(22)26)25-14-20(8-2-10-24-13-20)11-15-3-1-9-23-12-15/h1-10,12,18,25H,11,13-14H2,(H2,22,26). The zero-order valence-electron chi connectivity index (χ0n) is 14.3. The Morgan fingerprint density at radius 3 is 2.73 bits per heavy atom. The summed E-state index contributed by atoms with van der Waals surface area (Å²) in [6, 6.07) is 11.0. The molecule has 0 saturated heterocycles. The van der Waals surface area contributed by atoms with E-state index >= 15 is 0 Å². The number of rotatable bonds is 7. The number of hydrogen-bond donors (Lipinski definition) is 2. The van der Waals surface area contributed by atoms with Gasteiger partial charge in [0.2, 0.25) is 5.91 Å². The predicted molar refractivity (Wildman–Crippen MR) is 107 cm³/mol. The summed E-state index contributed by atoms with van der Waals surface area (Å²) < 4.78 is 0.960. The summed E-state index contributed by atoms with van der Waals surface area (Å²) >= 11 is 3.41. The minimum Gasteiger partial charge on any atom is -0.368 e. The summed E-state index contributed by atoms with van der Waals surface area (Å²) in [4.78, 5) is 20.6. The normalized spacial score (nSPS) is 20.0. The van der Waals surface area contributed by atoms with E-state index in [2.05, 4.69) is 43.4 Å². The van der Waals surface area contributed by atoms with Gasteiger partial charge in [-0.25, -0.2) is 0 Å². The molecule has 1 amide bonds. The van der Waals surface area contributed by atoms with Crippen LogP contribution in [-0.2, 0) is 11.2 Å². The van der Waals surface area contributed by atoms with Crippen LogP contribution in [0.15, 0.2) is 70.4 Å². The first-order chi connectivity index (χ1) is 12.6. The molecule has 2 atom stereocenters. The van der Waals surface area contributed by atoms with Gasteiger partial charge in [-0.15, -0.1) is 0 Å². The summed E-state index contributed by atoms with van der Waals surface area (Å²) in [5.74, 6) is -0.396. The number of amides is 1. The van der Waals surface area contributed by atoms with Crippen LogP contribution in [0.1, 0.15) is 17.2 Å². The van der Waals surface area contributed by atoms with E-state index in [0.29, 0.717) is 13.1 Å². The van der Waals surface area contributed by atoms with Crippen molar-refractivity contribution in [2.24, 2.45) is 16.1 Å². The molecule has 1 aliphatic heterocycles. The van der Waals surface area contributed by atoms with Crippen LogP contribution in [0.2, 0.25) is 0 Å². The number of nitrogens with one attached hydrogen (secondary N) is 1. The minimum absolute atomic E-state index is 0.221. The van der Waals surface area contributed by atoms with Crippen molar-refractivity contribution in [2.75, 3.05) is 13.1 Å². The van der Waals surface area contributed by atoms with E-state index in [0.717, 1.165) is 22.0 Å². The molecule has 134 valence electrons. The Kier molecular flexibility index (Phi) is 5.96. The van der Waals surface area contributed by atoms with Gasteiger partial charge in [-0.05, 0) is 41.8 Å². The molecule has 1 aromatic carbocycles. The molecule has 6 heteroatoms. The van der Waals surface area contributed by atoms with Crippen LogP contribution in [0.3, 0.4) is 0 Å². The second kappa shape index (κ2) is 8.38. The van der Waals surface area contributed by atoms with E-state index in [1.807, 2.05) is 48.8 Å². The predicted octanol–water partition coefficient (Wildman–Crippen LogP) is 2.83. The number of dihydropyridines is 1. The van der Waals surface area contributed by atoms with Gasteiger partial charge in [-0.2, -0.15) is 0 Å². The number of halogens is 1. The first-order valence-electron chi connectivity index (χ1n) is 8.43. The maximum absolute atomic E-state index is 12.0. The maximum Gasteiger partial charge on any atom is 0.239 e. The fraction of sp³-hybridized carbons (Fsp3) is 0.250. The molecule has 0 bridgehead atoms. The van der Waals surface area contributed by atoms with E-state index < -0.39 is 11.9 Å². The second-order valence-corrected chi connectivity index (χ2v) is 7.43. The molecule has 3 N–H and O–H groups in total. The van der Waals surface area contributed by atoms with Crippen LogP contribution in [0, 0.1) is 5.41 Å². The topological polar surface area (TPSA) is 80.4 Å². The lowest BCUT2D eigenvalue weighted by Crippen LogP contribution is -2.43. The SMILES string of the molecule is NC(=O)C(NCC1(Cc2cccnc2)C=CC=NC1)c1ccc(Br)cc1. The van der Waals surface area contributed by atoms with E-state index in [9.17, 15) is 4.79 Å². The van der Waals surface area contributed by atoms with Gasteiger partial charge >= 0.3 is 0 Å². The van der Waals surface area contributed by atoms with Crippen molar-refractivity contribution >= 4 is 28.1 Å². The minimum atomic E-state index is -0.548. The fourth-order valence-corrected chi connectivity index (χ4v) is 3.40. The van der Waals surface area contributed by atoms with Crippen molar-refractivity contribution in [1.82, 2.24) is 10.3 Å². The highest BCUT2D eigenvalue weighted by atomic mass is 79.9. The zero-order chi connectivity index (χ0) is 18.4. The molecule has 2 aromatic rings. The quantitative estimate of drug-likeness (QED) is 0.733. The lowest BCUT2D eigenvalue weighted by molar-refractivity contribution is -0.120. The lowest BCUT2D eigenvalue weighted by Gasteiger charge is -2.32. The van der Waals surface area contributed by atoms with Crippen LogP contribution in [0.25, 0.3) is 0 Å². The lowest BCUT2D eigenvalue weighted by atomic mass is 9.80. The Morgan fingerprint density at radius 1 is 1.31 bits per heavy atom. The van der Waals surface area contributed by atoms with Crippen molar-refractivity contribution in [3.05, 3.63) is 76.5 Å². The molecule has 0 fully saturated rings. The molecule has 0 radical (unpaired) electrons. The van der Waals surface area contributed by atoms with Crippen LogP contribution in [0.4, 0.5) is 0 Å². The van der Waals surface area contributed by atoms with Crippen molar-refractivity contribution in [1.29, 1.82) is 0 Å². The van der Waals surface area contributed by atoms with E-state index in [-0.39, 0.29) is 5.41 Å². The third-order valence-electron chi connectivity index (χ3n) is 4.47. The summed E-state index contributed by atoms with van der Waals surface area (Å²) in [6.07, 6.45) is 10.3. The molecule has 0 aliphatic carbocycles. The molecule has 26 heavy (non-hydrogen) atoms. The number of primary amides is 1. The monoisotopic (exact) mass is 412 g/mol. The highest BCUT2D eigenvalue weighted by molar-refractivity contribution is 9.10. The van der Waals surface area contributed by atoms with Crippen molar-refractivity contribution < 1.29 is 4.79 Å². The molecule has 0 saturated carbocycles. The first kappa shape index (κ1) is 18.5. The van der Waals surface area contributed by atoms with Crippen LogP contribution >= 0.6 is 15.9 Å². The molecule has 2 unspecified atom stereocenters. The second-order valence-electron chi connectivity index (χ2n) is 6.52. The van der Waals surface area contributed by atoms with Crippen molar-refractivity contribution in [3.63, 3.8) is 0 Å². The highest BCUT2D eigenvalue weighted by Crippen LogP contribution is 2.28. The number of carbonyl (C=O) groups is 1. The van der Waals surface area contributed by atoms with E-state index in [4.69, 9.17) is 5.73 Å². The number of allylic oxidation sites excluding steroid dienone is 1. The van der Waals surface area contributed by atoms with E-state index in [1.165, 1.54) is 0 Å². The Labute approximate surface area is 161 Å². The average molecular weight is 413 g/mol. The molecule has 1 aromatic heterocycles. The summed E-state index contributed by atoms with van der Waals surface area (Å²) in [5, 5.41) is 3.35. The van der Waals surface area contributed by atoms with Gasteiger partial charge in [0, 0.05) is 41.6 Å². The largest absolute Gasteiger partial charge is 0.368 e. The average Bonchev–Trinajstić information content (AvgIpc) is 2.65. The van der Waals surface area contributed by atoms with Gasteiger partial charge in [-0.3, -0.25) is 14.8 Å². The van der Waals surface area contributed by atoms with Crippen LogP contribution in [0.5, 0.6) is 0 Å². The number of aromatic nitrogens is 1. The van der Waals surface area contributed by atoms with Gasteiger partial charge < -0.3 is 11.1 Å². The molecule has 0 spiro atoms. The zero-order valence-corrected chi connectivity index (χ0v) is 15.9. The number of nitrogens with zero attached hydrogens (tertiary/aromatic N) is 2. The number of aliphatic imine (C=N–C) groups is 1. The molecule has 2 heterocycles. The van der Waals surface area contributed by atoms with Gasteiger partial charge in [0.1, 0.15) is 6.04 Å². The Bertz CT molecular complexity index is 804. The molecule has 1 aliphatic rings. The third kappa shape index (κ3) is 4.65. The fourth-order valence-electron chi connectivity index (χ4n) is 3.14.